The Morgan fingerprint density at radius 2 is 1.97 bits per heavy atom. The molecule has 0 spiro atoms. The Bertz CT molecular complexity index is 1320. The first-order chi connectivity index (χ1) is 16.4. The van der Waals surface area contributed by atoms with Gasteiger partial charge in [-0.05, 0) is 54.4 Å². The Morgan fingerprint density at radius 3 is 2.71 bits per heavy atom. The van der Waals surface area contributed by atoms with Crippen molar-refractivity contribution < 1.29 is 19.1 Å². The van der Waals surface area contributed by atoms with Crippen LogP contribution >= 0.6 is 11.6 Å². The zero-order chi connectivity index (χ0) is 24.0. The van der Waals surface area contributed by atoms with Gasteiger partial charge in [0, 0.05) is 30.4 Å². The van der Waals surface area contributed by atoms with Gasteiger partial charge in [0.05, 0.1) is 24.4 Å². The summed E-state index contributed by atoms with van der Waals surface area (Å²) in [4.78, 5) is 41.0. The molecule has 1 fully saturated rings. The van der Waals surface area contributed by atoms with Crippen LogP contribution in [0.25, 0.3) is 11.1 Å². The molecule has 5 rings (SSSR count). The molecule has 1 saturated heterocycles. The Balaban J connectivity index is 1.46. The largest absolute Gasteiger partial charge is 0.496 e. The number of benzene rings is 2. The maximum atomic E-state index is 13.5. The molecule has 3 amide bonds. The summed E-state index contributed by atoms with van der Waals surface area (Å²) in [5.41, 5.74) is 2.78. The van der Waals surface area contributed by atoms with E-state index in [0.29, 0.717) is 40.7 Å². The van der Waals surface area contributed by atoms with Gasteiger partial charge in [-0.1, -0.05) is 17.7 Å². The van der Waals surface area contributed by atoms with Crippen molar-refractivity contribution in [2.45, 2.75) is 18.5 Å². The number of amides is 3. The van der Waals surface area contributed by atoms with Crippen molar-refractivity contribution in [3.63, 3.8) is 0 Å². The number of rotatable bonds is 4. The minimum atomic E-state index is -0.798. The first-order valence-electron chi connectivity index (χ1n) is 10.9. The van der Waals surface area contributed by atoms with E-state index in [0.717, 1.165) is 11.1 Å². The maximum absolute atomic E-state index is 13.5. The lowest BCUT2D eigenvalue weighted by molar-refractivity contribution is -0.120. The van der Waals surface area contributed by atoms with Crippen LogP contribution in [-0.4, -0.2) is 52.9 Å². The number of nitrogens with zero attached hydrogens (tertiary/aromatic N) is 2. The molecule has 9 heteroatoms. The van der Waals surface area contributed by atoms with Crippen molar-refractivity contribution in [3.8, 4) is 16.9 Å². The van der Waals surface area contributed by atoms with Crippen LogP contribution in [0.4, 0.5) is 5.69 Å². The Morgan fingerprint density at radius 1 is 1.15 bits per heavy atom. The second-order valence-electron chi connectivity index (χ2n) is 8.41. The van der Waals surface area contributed by atoms with E-state index in [1.165, 1.54) is 4.90 Å². The van der Waals surface area contributed by atoms with Crippen molar-refractivity contribution in [1.82, 2.24) is 14.8 Å². The van der Waals surface area contributed by atoms with E-state index in [2.05, 4.69) is 10.6 Å². The van der Waals surface area contributed by atoms with Gasteiger partial charge in [0.1, 0.15) is 17.5 Å². The summed E-state index contributed by atoms with van der Waals surface area (Å²) in [5, 5.41) is 6.36. The van der Waals surface area contributed by atoms with E-state index < -0.39 is 12.1 Å². The number of carbonyl (C=O) groups is 3. The predicted molar refractivity (Wildman–Crippen MR) is 128 cm³/mol. The van der Waals surface area contributed by atoms with Gasteiger partial charge in [-0.2, -0.15) is 0 Å². The third-order valence-electron chi connectivity index (χ3n) is 6.40. The fourth-order valence-electron chi connectivity index (χ4n) is 4.70. The number of halogens is 1. The molecule has 2 aromatic carbocycles. The Hall–Kier alpha value is -3.78. The lowest BCUT2D eigenvalue weighted by Gasteiger charge is -2.25. The van der Waals surface area contributed by atoms with Crippen LogP contribution in [0.2, 0.25) is 5.02 Å². The highest BCUT2D eigenvalue weighted by molar-refractivity contribution is 6.31. The van der Waals surface area contributed by atoms with Gasteiger partial charge < -0.3 is 24.8 Å². The van der Waals surface area contributed by atoms with E-state index >= 15 is 0 Å². The predicted octanol–water partition coefficient (Wildman–Crippen LogP) is 3.32. The summed E-state index contributed by atoms with van der Waals surface area (Å²) < 4.78 is 7.17. The summed E-state index contributed by atoms with van der Waals surface area (Å²) in [7, 11) is 3.35. The molecule has 0 aliphatic carbocycles. The molecule has 0 bridgehead atoms. The monoisotopic (exact) mass is 478 g/mol. The van der Waals surface area contributed by atoms with E-state index in [9.17, 15) is 14.4 Å². The molecule has 2 atom stereocenters. The van der Waals surface area contributed by atoms with Crippen LogP contribution < -0.4 is 15.4 Å². The number of aryl methyl sites for hydroxylation is 1. The van der Waals surface area contributed by atoms with Crippen molar-refractivity contribution in [2.75, 3.05) is 19.0 Å². The van der Waals surface area contributed by atoms with Gasteiger partial charge in [-0.3, -0.25) is 14.4 Å². The minimum absolute atomic E-state index is 0.267. The second kappa shape index (κ2) is 8.53. The lowest BCUT2D eigenvalue weighted by Crippen LogP contribution is -2.51. The van der Waals surface area contributed by atoms with E-state index in [-0.39, 0.29) is 17.7 Å². The number of hydrogen-bond donors (Lipinski definition) is 2. The average molecular weight is 479 g/mol. The SMILES string of the molecule is COc1ccc(Cl)cc1-c1ccc2c(c1)C(=O)N1CC[C@@H](NC(=O)c3cccn3C)[C@H]1C(=O)N2. The van der Waals surface area contributed by atoms with Crippen LogP contribution in [0.3, 0.4) is 0 Å². The first kappa shape index (κ1) is 22.0. The molecule has 34 heavy (non-hydrogen) atoms. The number of nitrogens with one attached hydrogen (secondary N) is 2. The molecular weight excluding hydrogens is 456 g/mol. The number of hydrogen-bond acceptors (Lipinski definition) is 4. The highest BCUT2D eigenvalue weighted by atomic mass is 35.5. The van der Waals surface area contributed by atoms with E-state index in [1.54, 1.807) is 67.4 Å². The quantitative estimate of drug-likeness (QED) is 0.601. The number of carbonyl (C=O) groups excluding carboxylic acids is 3. The maximum Gasteiger partial charge on any atom is 0.268 e. The second-order valence-corrected chi connectivity index (χ2v) is 8.85. The smallest absolute Gasteiger partial charge is 0.268 e. The number of fused-ring (bicyclic) bond motifs is 2. The highest BCUT2D eigenvalue weighted by Crippen LogP contribution is 2.36. The van der Waals surface area contributed by atoms with E-state index in [4.69, 9.17) is 16.3 Å². The Labute approximate surface area is 201 Å². The number of methoxy groups -OCH3 is 1. The van der Waals surface area contributed by atoms with Crippen molar-refractivity contribution >= 4 is 35.0 Å². The molecule has 2 aliphatic heterocycles. The van der Waals surface area contributed by atoms with Crippen molar-refractivity contribution in [2.24, 2.45) is 7.05 Å². The van der Waals surface area contributed by atoms with Gasteiger partial charge in [0.25, 0.3) is 11.8 Å². The van der Waals surface area contributed by atoms with Crippen LogP contribution in [0.15, 0.2) is 54.7 Å². The summed E-state index contributed by atoms with van der Waals surface area (Å²) in [6, 6.07) is 12.7. The molecule has 2 aliphatic rings. The molecule has 0 radical (unpaired) electrons. The lowest BCUT2D eigenvalue weighted by atomic mass is 10.0. The summed E-state index contributed by atoms with van der Waals surface area (Å²) >= 11 is 6.19. The van der Waals surface area contributed by atoms with Crippen LogP contribution in [-0.2, 0) is 11.8 Å². The minimum Gasteiger partial charge on any atom is -0.496 e. The molecule has 174 valence electrons. The van der Waals surface area contributed by atoms with Crippen molar-refractivity contribution in [3.05, 3.63) is 71.0 Å². The topological polar surface area (TPSA) is 92.7 Å². The van der Waals surface area contributed by atoms with Gasteiger partial charge in [-0.15, -0.1) is 0 Å². The molecule has 0 unspecified atom stereocenters. The zero-order valence-corrected chi connectivity index (χ0v) is 19.4. The Kier molecular flexibility index (Phi) is 5.53. The van der Waals surface area contributed by atoms with Gasteiger partial charge in [-0.25, -0.2) is 0 Å². The fourth-order valence-corrected chi connectivity index (χ4v) is 4.87. The molecular formula is C25H23ClN4O4. The molecule has 8 nitrogen and oxygen atoms in total. The molecule has 0 saturated carbocycles. The number of anilines is 1. The number of ether oxygens (including phenoxy) is 1. The van der Waals surface area contributed by atoms with Gasteiger partial charge in [0.2, 0.25) is 5.91 Å². The zero-order valence-electron chi connectivity index (χ0n) is 18.7. The molecule has 1 aromatic heterocycles. The third-order valence-corrected chi connectivity index (χ3v) is 6.64. The van der Waals surface area contributed by atoms with Crippen molar-refractivity contribution in [1.29, 1.82) is 0 Å². The van der Waals surface area contributed by atoms with Crippen LogP contribution in [0.5, 0.6) is 5.75 Å². The van der Waals surface area contributed by atoms with E-state index in [1.807, 2.05) is 6.07 Å². The average Bonchev–Trinajstić information content (AvgIpc) is 3.42. The normalized spacial score (nSPS) is 19.2. The standard InChI is InChI=1S/C25H23ClN4O4/c1-29-10-3-4-20(29)23(31)28-19-9-11-30-22(19)24(32)27-18-7-5-14(12-17(18)25(30)33)16-13-15(26)6-8-21(16)34-2/h3-8,10,12-13,19,22H,9,11H2,1-2H3,(H,27,32)(H,28,31)/t19-,22+/m1/s1. The number of aromatic nitrogens is 1. The van der Waals surface area contributed by atoms with Crippen LogP contribution in [0.1, 0.15) is 27.3 Å². The summed E-state index contributed by atoms with van der Waals surface area (Å²) in [6.07, 6.45) is 2.26. The summed E-state index contributed by atoms with van der Waals surface area (Å²) in [5.74, 6) is -0.250. The first-order valence-corrected chi connectivity index (χ1v) is 11.3. The highest BCUT2D eigenvalue weighted by Gasteiger charge is 2.45. The molecule has 3 aromatic rings. The van der Waals surface area contributed by atoms with Gasteiger partial charge >= 0.3 is 0 Å². The molecule has 3 heterocycles. The van der Waals surface area contributed by atoms with Crippen LogP contribution in [0, 0.1) is 0 Å². The summed E-state index contributed by atoms with van der Waals surface area (Å²) in [6.45, 7) is 0.360. The molecule has 2 N–H and O–H groups in total. The third kappa shape index (κ3) is 3.70. The fraction of sp³-hybridized carbons (Fsp3) is 0.240. The van der Waals surface area contributed by atoms with Gasteiger partial charge in [0.15, 0.2) is 0 Å².